The van der Waals surface area contributed by atoms with Crippen LogP contribution in [0.2, 0.25) is 0 Å². The predicted molar refractivity (Wildman–Crippen MR) is 76.0 cm³/mol. The summed E-state index contributed by atoms with van der Waals surface area (Å²) >= 11 is 0. The van der Waals surface area contributed by atoms with Crippen molar-refractivity contribution in [2.75, 3.05) is 11.1 Å². The molecule has 0 saturated carbocycles. The number of nitrogens with one attached hydrogen (secondary N) is 1. The summed E-state index contributed by atoms with van der Waals surface area (Å²) in [6.45, 7) is 1.85. The average Bonchev–Trinajstić information content (AvgIpc) is 2.38. The van der Waals surface area contributed by atoms with Gasteiger partial charge in [-0.25, -0.2) is 0 Å². The van der Waals surface area contributed by atoms with E-state index < -0.39 is 0 Å². The quantitative estimate of drug-likeness (QED) is 0.738. The molecule has 0 aromatic heterocycles. The molecule has 2 aromatic rings. The zero-order chi connectivity index (χ0) is 13.8. The van der Waals surface area contributed by atoms with Crippen LogP contribution in [0.25, 0.3) is 0 Å². The highest BCUT2D eigenvalue weighted by molar-refractivity contribution is 5.94. The Morgan fingerprint density at radius 2 is 1.95 bits per heavy atom. The van der Waals surface area contributed by atoms with Crippen LogP contribution in [0.3, 0.4) is 0 Å². The highest BCUT2D eigenvalue weighted by Crippen LogP contribution is 2.21. The molecule has 4 N–H and O–H groups in total. The lowest BCUT2D eigenvalue weighted by Crippen LogP contribution is -2.15. The number of anilines is 2. The molecule has 0 heterocycles. The maximum absolute atomic E-state index is 11.9. The van der Waals surface area contributed by atoms with Crippen molar-refractivity contribution in [1.29, 1.82) is 0 Å². The average molecular weight is 256 g/mol. The fourth-order valence-corrected chi connectivity index (χ4v) is 1.82. The van der Waals surface area contributed by atoms with Crippen molar-refractivity contribution >= 4 is 17.3 Å². The lowest BCUT2D eigenvalue weighted by Gasteiger charge is -2.10. The minimum Gasteiger partial charge on any atom is -0.508 e. The molecule has 4 nitrogen and oxygen atoms in total. The molecular weight excluding hydrogens is 240 g/mol. The number of hydrogen-bond donors (Lipinski definition) is 3. The molecule has 2 rings (SSSR count). The van der Waals surface area contributed by atoms with Gasteiger partial charge in [-0.2, -0.15) is 0 Å². The highest BCUT2D eigenvalue weighted by Gasteiger charge is 2.09. The summed E-state index contributed by atoms with van der Waals surface area (Å²) in [6.07, 6.45) is 0.126. The van der Waals surface area contributed by atoms with Gasteiger partial charge in [-0.05, 0) is 30.7 Å². The number of phenolic OH excluding ortho intramolecular Hbond substituents is 1. The van der Waals surface area contributed by atoms with Crippen molar-refractivity contribution in [2.45, 2.75) is 13.3 Å². The number of aromatic hydroxyl groups is 1. The summed E-state index contributed by atoms with van der Waals surface area (Å²) in [7, 11) is 0. The first-order valence-electron chi connectivity index (χ1n) is 5.99. The molecule has 0 bridgehead atoms. The number of nitrogen functional groups attached to an aromatic ring is 1. The van der Waals surface area contributed by atoms with E-state index in [1.807, 2.05) is 6.92 Å². The number of amides is 1. The molecule has 1 amide bonds. The predicted octanol–water partition coefficient (Wildman–Crippen LogP) is 2.46. The highest BCUT2D eigenvalue weighted by atomic mass is 16.3. The van der Waals surface area contributed by atoms with E-state index in [-0.39, 0.29) is 18.1 Å². The molecular formula is C15H16N2O2. The molecule has 0 aliphatic heterocycles. The molecule has 0 saturated heterocycles. The molecule has 19 heavy (non-hydrogen) atoms. The fourth-order valence-electron chi connectivity index (χ4n) is 1.82. The van der Waals surface area contributed by atoms with Crippen LogP contribution in [0.15, 0.2) is 42.5 Å². The third kappa shape index (κ3) is 3.04. The maximum atomic E-state index is 11.9. The standard InChI is InChI=1S/C15H16N2O2/c1-10-12(16)6-4-7-13(10)17-15(19)9-11-5-2-3-8-14(11)18/h2-8,18H,9,16H2,1H3,(H,17,19). The SMILES string of the molecule is Cc1c(N)cccc1NC(=O)Cc1ccccc1O. The normalized spacial score (nSPS) is 10.2. The number of hydrogen-bond acceptors (Lipinski definition) is 3. The summed E-state index contributed by atoms with van der Waals surface area (Å²) in [6, 6.07) is 12.2. The van der Waals surface area contributed by atoms with Crippen LogP contribution in [0.4, 0.5) is 11.4 Å². The monoisotopic (exact) mass is 256 g/mol. The summed E-state index contributed by atoms with van der Waals surface area (Å²) in [5, 5.41) is 12.4. The van der Waals surface area contributed by atoms with Crippen molar-refractivity contribution in [1.82, 2.24) is 0 Å². The van der Waals surface area contributed by atoms with E-state index in [0.717, 1.165) is 5.56 Å². The Labute approximate surface area is 111 Å². The number of carbonyl (C=O) groups is 1. The van der Waals surface area contributed by atoms with Crippen molar-refractivity contribution in [3.8, 4) is 5.75 Å². The van der Waals surface area contributed by atoms with E-state index >= 15 is 0 Å². The summed E-state index contributed by atoms with van der Waals surface area (Å²) in [5.41, 5.74) is 8.56. The van der Waals surface area contributed by atoms with Crippen molar-refractivity contribution < 1.29 is 9.90 Å². The lowest BCUT2D eigenvalue weighted by molar-refractivity contribution is -0.115. The molecule has 0 aliphatic rings. The zero-order valence-electron chi connectivity index (χ0n) is 10.7. The first-order valence-corrected chi connectivity index (χ1v) is 5.99. The number of phenols is 1. The fraction of sp³-hybridized carbons (Fsp3) is 0.133. The van der Waals surface area contributed by atoms with Gasteiger partial charge in [0.25, 0.3) is 0 Å². The Morgan fingerprint density at radius 3 is 2.68 bits per heavy atom. The van der Waals surface area contributed by atoms with E-state index in [2.05, 4.69) is 5.32 Å². The largest absolute Gasteiger partial charge is 0.508 e. The first kappa shape index (κ1) is 13.0. The van der Waals surface area contributed by atoms with Gasteiger partial charge in [0.15, 0.2) is 0 Å². The van der Waals surface area contributed by atoms with Gasteiger partial charge in [-0.1, -0.05) is 24.3 Å². The Morgan fingerprint density at radius 1 is 1.21 bits per heavy atom. The second-order valence-electron chi connectivity index (χ2n) is 4.37. The molecule has 0 atom stereocenters. The number of benzene rings is 2. The van der Waals surface area contributed by atoms with E-state index in [1.54, 1.807) is 42.5 Å². The number of rotatable bonds is 3. The van der Waals surface area contributed by atoms with Crippen molar-refractivity contribution in [3.05, 3.63) is 53.6 Å². The molecule has 4 heteroatoms. The van der Waals surface area contributed by atoms with Crippen LogP contribution in [0, 0.1) is 6.92 Å². The second-order valence-corrected chi connectivity index (χ2v) is 4.37. The summed E-state index contributed by atoms with van der Waals surface area (Å²) in [4.78, 5) is 11.9. The lowest BCUT2D eigenvalue weighted by atomic mass is 10.1. The molecule has 2 aromatic carbocycles. The van der Waals surface area contributed by atoms with Crippen LogP contribution in [0.1, 0.15) is 11.1 Å². The first-order chi connectivity index (χ1) is 9.08. The summed E-state index contributed by atoms with van der Waals surface area (Å²) in [5.74, 6) is -0.0582. The van der Waals surface area contributed by atoms with Gasteiger partial charge in [-0.3, -0.25) is 4.79 Å². The van der Waals surface area contributed by atoms with Gasteiger partial charge in [0.2, 0.25) is 5.91 Å². The van der Waals surface area contributed by atoms with E-state index in [0.29, 0.717) is 16.9 Å². The van der Waals surface area contributed by atoms with Gasteiger partial charge in [-0.15, -0.1) is 0 Å². The van der Waals surface area contributed by atoms with Gasteiger partial charge in [0.1, 0.15) is 5.75 Å². The third-order valence-corrected chi connectivity index (χ3v) is 2.99. The van der Waals surface area contributed by atoms with Crippen molar-refractivity contribution in [2.24, 2.45) is 0 Å². The topological polar surface area (TPSA) is 75.3 Å². The van der Waals surface area contributed by atoms with E-state index in [1.165, 1.54) is 0 Å². The van der Waals surface area contributed by atoms with Crippen LogP contribution in [-0.4, -0.2) is 11.0 Å². The Balaban J connectivity index is 2.10. The molecule has 0 fully saturated rings. The molecule has 0 aliphatic carbocycles. The summed E-state index contributed by atoms with van der Waals surface area (Å²) < 4.78 is 0. The van der Waals surface area contributed by atoms with E-state index in [4.69, 9.17) is 5.73 Å². The molecule has 0 spiro atoms. The minimum absolute atomic E-state index is 0.126. The van der Waals surface area contributed by atoms with E-state index in [9.17, 15) is 9.90 Å². The smallest absolute Gasteiger partial charge is 0.228 e. The third-order valence-electron chi connectivity index (χ3n) is 2.99. The van der Waals surface area contributed by atoms with Gasteiger partial charge < -0.3 is 16.2 Å². The molecule has 0 unspecified atom stereocenters. The van der Waals surface area contributed by atoms with Crippen LogP contribution >= 0.6 is 0 Å². The van der Waals surface area contributed by atoms with Crippen LogP contribution in [-0.2, 0) is 11.2 Å². The van der Waals surface area contributed by atoms with Gasteiger partial charge in [0, 0.05) is 16.9 Å². The zero-order valence-corrected chi connectivity index (χ0v) is 10.7. The number of carbonyl (C=O) groups excluding carboxylic acids is 1. The minimum atomic E-state index is -0.185. The Bertz CT molecular complexity index is 609. The van der Waals surface area contributed by atoms with Crippen LogP contribution in [0.5, 0.6) is 5.75 Å². The van der Waals surface area contributed by atoms with Crippen molar-refractivity contribution in [3.63, 3.8) is 0 Å². The molecule has 0 radical (unpaired) electrons. The second kappa shape index (κ2) is 5.44. The van der Waals surface area contributed by atoms with Crippen LogP contribution < -0.4 is 11.1 Å². The Hall–Kier alpha value is -2.49. The molecule has 98 valence electrons. The van der Waals surface area contributed by atoms with Gasteiger partial charge >= 0.3 is 0 Å². The maximum Gasteiger partial charge on any atom is 0.228 e. The Kier molecular flexibility index (Phi) is 3.71. The number of nitrogens with two attached hydrogens (primary N) is 1. The number of para-hydroxylation sites is 1. The van der Waals surface area contributed by atoms with Gasteiger partial charge in [0.05, 0.1) is 6.42 Å².